The number of aromatic nitrogens is 2. The van der Waals surface area contributed by atoms with Crippen molar-refractivity contribution in [1.82, 2.24) is 9.97 Å². The van der Waals surface area contributed by atoms with Crippen LogP contribution in [0.15, 0.2) is 71.3 Å². The Morgan fingerprint density at radius 1 is 0.875 bits per heavy atom. The van der Waals surface area contributed by atoms with Gasteiger partial charge in [0.05, 0.1) is 26.9 Å². The fourth-order valence-corrected chi connectivity index (χ4v) is 5.14. The van der Waals surface area contributed by atoms with E-state index in [1.807, 2.05) is 36.4 Å². The van der Waals surface area contributed by atoms with Crippen molar-refractivity contribution in [3.63, 3.8) is 0 Å². The van der Waals surface area contributed by atoms with E-state index in [9.17, 15) is 0 Å². The van der Waals surface area contributed by atoms with Gasteiger partial charge >= 0.3 is 0 Å². The van der Waals surface area contributed by atoms with E-state index in [1.54, 1.807) is 6.20 Å². The number of benzene rings is 2. The Bertz CT molecular complexity index is 1450. The van der Waals surface area contributed by atoms with Gasteiger partial charge in [-0.3, -0.25) is 4.98 Å². The van der Waals surface area contributed by atoms with Crippen molar-refractivity contribution < 1.29 is 4.42 Å². The highest BCUT2D eigenvalue weighted by Crippen LogP contribution is 2.38. The Morgan fingerprint density at radius 3 is 2.59 bits per heavy atom. The van der Waals surface area contributed by atoms with Crippen molar-refractivity contribution in [2.45, 2.75) is 37.3 Å². The average molecular weight is 412 g/mol. The van der Waals surface area contributed by atoms with Crippen molar-refractivity contribution >= 4 is 48.7 Å². The molecule has 1 aliphatic rings. The van der Waals surface area contributed by atoms with Gasteiger partial charge in [0.1, 0.15) is 5.58 Å². The van der Waals surface area contributed by atoms with E-state index in [4.69, 9.17) is 25.1 Å². The molecular formula is C27H22B2N2O. The molecule has 3 aromatic heterocycles. The number of para-hydroxylation sites is 1. The average Bonchev–Trinajstić information content (AvgIpc) is 3.19. The number of pyridine rings is 2. The van der Waals surface area contributed by atoms with Crippen LogP contribution in [0.4, 0.5) is 0 Å². The summed E-state index contributed by atoms with van der Waals surface area (Å²) in [5.41, 5.74) is 5.14. The molecule has 0 aliphatic heterocycles. The Balaban J connectivity index is 1.42. The lowest BCUT2D eigenvalue weighted by atomic mass is 9.43. The van der Waals surface area contributed by atoms with Crippen molar-refractivity contribution in [2.24, 2.45) is 5.92 Å². The van der Waals surface area contributed by atoms with E-state index in [2.05, 4.69) is 29.2 Å². The SMILES string of the molecule is [B]C([B])(c1ccnc(-c2ccc3c(c2)oc2nc4ccccc4cc23)c1)C1CCCCC1. The topological polar surface area (TPSA) is 38.9 Å². The Kier molecular flexibility index (Phi) is 4.60. The molecule has 0 unspecified atom stereocenters. The van der Waals surface area contributed by atoms with Crippen LogP contribution in [0.2, 0.25) is 0 Å². The predicted molar refractivity (Wildman–Crippen MR) is 132 cm³/mol. The molecule has 2 aromatic carbocycles. The van der Waals surface area contributed by atoms with E-state index in [-0.39, 0.29) is 0 Å². The molecule has 6 rings (SSSR count). The minimum atomic E-state index is -0.842. The Morgan fingerprint density at radius 2 is 1.72 bits per heavy atom. The van der Waals surface area contributed by atoms with Gasteiger partial charge in [0.15, 0.2) is 0 Å². The van der Waals surface area contributed by atoms with Gasteiger partial charge in [0.25, 0.3) is 0 Å². The van der Waals surface area contributed by atoms with Gasteiger partial charge in [-0.05, 0) is 42.3 Å². The molecule has 152 valence electrons. The summed E-state index contributed by atoms with van der Waals surface area (Å²) in [5, 5.41) is 2.33. The maximum absolute atomic E-state index is 6.67. The fourth-order valence-electron chi connectivity index (χ4n) is 5.14. The van der Waals surface area contributed by atoms with Crippen LogP contribution in [0.1, 0.15) is 37.7 Å². The van der Waals surface area contributed by atoms with Crippen molar-refractivity contribution in [3.05, 3.63) is 72.4 Å². The quantitative estimate of drug-likeness (QED) is 0.328. The number of nitrogens with zero attached hydrogens (tertiary/aromatic N) is 2. The van der Waals surface area contributed by atoms with Crippen LogP contribution >= 0.6 is 0 Å². The lowest BCUT2D eigenvalue weighted by Gasteiger charge is -2.38. The first-order chi connectivity index (χ1) is 15.6. The zero-order valence-corrected chi connectivity index (χ0v) is 17.9. The summed E-state index contributed by atoms with van der Waals surface area (Å²) in [7, 11) is 13.3. The number of rotatable bonds is 3. The summed E-state index contributed by atoms with van der Waals surface area (Å²) in [5.74, 6) is 0.296. The molecule has 0 atom stereocenters. The minimum absolute atomic E-state index is 0.296. The van der Waals surface area contributed by atoms with Crippen LogP contribution in [0.5, 0.6) is 0 Å². The van der Waals surface area contributed by atoms with E-state index in [0.717, 1.165) is 56.9 Å². The van der Waals surface area contributed by atoms with Crippen LogP contribution < -0.4 is 0 Å². The van der Waals surface area contributed by atoms with Crippen molar-refractivity contribution in [2.75, 3.05) is 0 Å². The molecule has 0 amide bonds. The van der Waals surface area contributed by atoms with Gasteiger partial charge in [-0.25, -0.2) is 4.98 Å². The number of furan rings is 1. The van der Waals surface area contributed by atoms with Gasteiger partial charge in [-0.15, -0.1) is 0 Å². The Hall–Kier alpha value is -3.07. The van der Waals surface area contributed by atoms with Gasteiger partial charge in [-0.1, -0.05) is 67.1 Å². The molecule has 0 N–H and O–H groups in total. The molecule has 0 saturated heterocycles. The second-order valence-electron chi connectivity index (χ2n) is 9.04. The Labute approximate surface area is 190 Å². The summed E-state index contributed by atoms with van der Waals surface area (Å²) < 4.78 is 6.13. The van der Waals surface area contributed by atoms with Crippen molar-refractivity contribution in [3.8, 4) is 11.3 Å². The first kappa shape index (κ1) is 19.6. The summed E-state index contributed by atoms with van der Waals surface area (Å²) >= 11 is 0. The second-order valence-corrected chi connectivity index (χ2v) is 9.04. The number of hydrogen-bond donors (Lipinski definition) is 0. The molecular weight excluding hydrogens is 390 g/mol. The first-order valence-corrected chi connectivity index (χ1v) is 11.4. The first-order valence-electron chi connectivity index (χ1n) is 11.4. The van der Waals surface area contributed by atoms with Gasteiger partial charge in [0, 0.05) is 27.9 Å². The molecule has 4 radical (unpaired) electrons. The third kappa shape index (κ3) is 3.22. The molecule has 3 nitrogen and oxygen atoms in total. The molecule has 1 aliphatic carbocycles. The normalized spacial score (nSPS) is 15.6. The zero-order chi connectivity index (χ0) is 21.7. The second kappa shape index (κ2) is 7.51. The van der Waals surface area contributed by atoms with E-state index < -0.39 is 5.21 Å². The molecule has 0 spiro atoms. The van der Waals surface area contributed by atoms with Gasteiger partial charge in [-0.2, -0.15) is 0 Å². The van der Waals surface area contributed by atoms with E-state index in [0.29, 0.717) is 11.6 Å². The number of fused-ring (bicyclic) bond motifs is 4. The highest BCUT2D eigenvalue weighted by Gasteiger charge is 2.31. The third-order valence-corrected chi connectivity index (χ3v) is 7.00. The summed E-state index contributed by atoms with van der Waals surface area (Å²) in [6.07, 6.45) is 7.64. The van der Waals surface area contributed by atoms with Crippen LogP contribution in [0.3, 0.4) is 0 Å². The highest BCUT2D eigenvalue weighted by molar-refractivity contribution is 6.40. The lowest BCUT2D eigenvalue weighted by Crippen LogP contribution is -2.37. The van der Waals surface area contributed by atoms with E-state index in [1.165, 1.54) is 19.3 Å². The minimum Gasteiger partial charge on any atom is -0.438 e. The highest BCUT2D eigenvalue weighted by atomic mass is 16.3. The van der Waals surface area contributed by atoms with Crippen LogP contribution in [-0.4, -0.2) is 25.7 Å². The molecule has 1 fully saturated rings. The fraction of sp³-hybridized carbons (Fsp3) is 0.259. The molecule has 5 heteroatoms. The van der Waals surface area contributed by atoms with Crippen molar-refractivity contribution in [1.29, 1.82) is 0 Å². The smallest absolute Gasteiger partial charge is 0.227 e. The molecule has 1 saturated carbocycles. The standard InChI is InChI=1S/C27H22B2N2O/c28-27(29,19-7-2-1-3-8-19)20-12-13-30-24(16-20)18-10-11-21-22-14-17-6-4-5-9-23(17)31-26(22)32-25(21)15-18/h4-6,9-16,19H,1-3,7-8H2. The lowest BCUT2D eigenvalue weighted by molar-refractivity contribution is 0.327. The van der Waals surface area contributed by atoms with E-state index >= 15 is 0 Å². The third-order valence-electron chi connectivity index (χ3n) is 7.00. The summed E-state index contributed by atoms with van der Waals surface area (Å²) in [6.45, 7) is 0. The molecule has 3 heterocycles. The monoisotopic (exact) mass is 412 g/mol. The van der Waals surface area contributed by atoms with Crippen LogP contribution in [0.25, 0.3) is 44.2 Å². The molecule has 32 heavy (non-hydrogen) atoms. The van der Waals surface area contributed by atoms with Gasteiger partial charge in [0.2, 0.25) is 5.71 Å². The summed E-state index contributed by atoms with van der Waals surface area (Å²) in [4.78, 5) is 9.31. The molecule has 5 aromatic rings. The molecule has 0 bridgehead atoms. The van der Waals surface area contributed by atoms with Gasteiger partial charge < -0.3 is 4.42 Å². The summed E-state index contributed by atoms with van der Waals surface area (Å²) in [6, 6.07) is 20.4. The number of hydrogen-bond acceptors (Lipinski definition) is 3. The predicted octanol–water partition coefficient (Wildman–Crippen LogP) is 6.27. The zero-order valence-electron chi connectivity index (χ0n) is 17.9. The van der Waals surface area contributed by atoms with Crippen LogP contribution in [-0.2, 0) is 5.21 Å². The van der Waals surface area contributed by atoms with Crippen LogP contribution in [0, 0.1) is 5.92 Å². The maximum atomic E-state index is 6.67. The largest absolute Gasteiger partial charge is 0.438 e. The maximum Gasteiger partial charge on any atom is 0.227 e.